The van der Waals surface area contributed by atoms with E-state index in [1.54, 1.807) is 12.3 Å². The summed E-state index contributed by atoms with van der Waals surface area (Å²) in [4.78, 5) is 6.51. The Kier molecular flexibility index (Phi) is 11.9. The summed E-state index contributed by atoms with van der Waals surface area (Å²) in [6.07, 6.45) is 9.05. The predicted octanol–water partition coefficient (Wildman–Crippen LogP) is 5.34. The third-order valence-electron chi connectivity index (χ3n) is 3.63. The van der Waals surface area contributed by atoms with Gasteiger partial charge >= 0.3 is 0 Å². The fraction of sp³-hybridized carbons (Fsp3) is 0.136. The summed E-state index contributed by atoms with van der Waals surface area (Å²) in [7, 11) is 0. The largest absolute Gasteiger partial charge is 0.817 e. The molecule has 1 aromatic heterocycles. The standard InChI is InChI=1S/C21H22N2.CH2N.Pt/c1-5-18(4)23(20-12-8-7-9-13-20)19(6-2)16-17(3)21-14-10-11-15-22-21;1-2;/h5-15,18H,2-3H2,1,4H3;1H2;/q-2;-1;. The van der Waals surface area contributed by atoms with Gasteiger partial charge in [-0.1, -0.05) is 43.3 Å². The Balaban J connectivity index is 0.00000201. The van der Waals surface area contributed by atoms with Gasteiger partial charge in [0.05, 0.1) is 0 Å². The smallest absolute Gasteiger partial charge is 0.0375 e. The van der Waals surface area contributed by atoms with E-state index in [-0.39, 0.29) is 27.1 Å². The van der Waals surface area contributed by atoms with Crippen LogP contribution in [0, 0.1) is 12.5 Å². The maximum absolute atomic E-state index is 6.75. The summed E-state index contributed by atoms with van der Waals surface area (Å²) in [6.45, 7) is 14.5. The van der Waals surface area contributed by atoms with Crippen molar-refractivity contribution in [3.8, 4) is 0 Å². The molecule has 0 spiro atoms. The Morgan fingerprint density at radius 1 is 1.19 bits per heavy atom. The Hall–Kier alpha value is -2.25. The Labute approximate surface area is 171 Å². The maximum atomic E-state index is 6.75. The van der Waals surface area contributed by atoms with E-state index in [9.17, 15) is 0 Å². The molecular weight excluding hydrogens is 501 g/mol. The Bertz CT molecular complexity index is 696. The van der Waals surface area contributed by atoms with E-state index < -0.39 is 0 Å². The minimum atomic E-state index is 0. The molecule has 26 heavy (non-hydrogen) atoms. The maximum Gasteiger partial charge on any atom is 0.0375 e. The predicted molar refractivity (Wildman–Crippen MR) is 109 cm³/mol. The van der Waals surface area contributed by atoms with Crippen molar-refractivity contribution in [2.75, 3.05) is 4.90 Å². The van der Waals surface area contributed by atoms with Crippen LogP contribution in [0.5, 0.6) is 0 Å². The van der Waals surface area contributed by atoms with Gasteiger partial charge in [0.15, 0.2) is 0 Å². The van der Waals surface area contributed by atoms with Gasteiger partial charge in [-0.05, 0) is 29.6 Å². The normalized spacial score (nSPS) is 11.2. The zero-order chi connectivity index (χ0) is 18.7. The Morgan fingerprint density at radius 2 is 1.81 bits per heavy atom. The van der Waals surface area contributed by atoms with Gasteiger partial charge in [0.1, 0.15) is 0 Å². The molecule has 1 heterocycles. The van der Waals surface area contributed by atoms with Gasteiger partial charge in [-0.3, -0.25) is 0 Å². The van der Waals surface area contributed by atoms with Gasteiger partial charge in [0.2, 0.25) is 0 Å². The number of para-hydroxylation sites is 1. The molecule has 0 saturated heterocycles. The van der Waals surface area contributed by atoms with Crippen LogP contribution < -0.4 is 4.90 Å². The number of pyridine rings is 1. The number of aromatic nitrogens is 1. The van der Waals surface area contributed by atoms with Crippen LogP contribution in [0.3, 0.4) is 0 Å². The molecule has 140 valence electrons. The summed E-state index contributed by atoms with van der Waals surface area (Å²) >= 11 is 0. The minimum absolute atomic E-state index is 0. The molecule has 2 rings (SSSR count). The monoisotopic (exact) mass is 525 g/mol. The summed E-state index contributed by atoms with van der Waals surface area (Å²) in [5.74, 6) is 0. The fourth-order valence-electron chi connectivity index (χ4n) is 2.30. The molecule has 0 aliphatic carbocycles. The molecule has 4 heteroatoms. The molecular formula is C22H24N3Pt-3. The van der Waals surface area contributed by atoms with E-state index in [4.69, 9.17) is 5.41 Å². The second-order valence-electron chi connectivity index (χ2n) is 5.19. The number of allylic oxidation sites excluding steroid dienone is 3. The summed E-state index contributed by atoms with van der Waals surface area (Å²) in [6, 6.07) is 16.2. The fourth-order valence-corrected chi connectivity index (χ4v) is 2.30. The van der Waals surface area contributed by atoms with E-state index in [1.165, 1.54) is 0 Å². The summed E-state index contributed by atoms with van der Waals surface area (Å²) in [5.41, 5.74) is 3.52. The van der Waals surface area contributed by atoms with Crippen LogP contribution >= 0.6 is 0 Å². The number of rotatable bonds is 7. The molecule has 0 radical (unpaired) electrons. The van der Waals surface area contributed by atoms with E-state index in [1.807, 2.05) is 36.4 Å². The Morgan fingerprint density at radius 3 is 2.31 bits per heavy atom. The molecule has 0 aliphatic rings. The van der Waals surface area contributed by atoms with E-state index in [0.29, 0.717) is 0 Å². The first-order chi connectivity index (χ1) is 12.2. The molecule has 0 bridgehead atoms. The van der Waals surface area contributed by atoms with E-state index >= 15 is 0 Å². The van der Waals surface area contributed by atoms with Gasteiger partial charge in [0.25, 0.3) is 0 Å². The van der Waals surface area contributed by atoms with Crippen molar-refractivity contribution in [2.45, 2.75) is 19.9 Å². The first-order valence-electron chi connectivity index (χ1n) is 7.99. The molecule has 0 aliphatic heterocycles. The number of hydrogen-bond donors (Lipinski definition) is 0. The van der Waals surface area contributed by atoms with E-state index in [2.05, 4.69) is 68.2 Å². The quantitative estimate of drug-likeness (QED) is 0.278. The van der Waals surface area contributed by atoms with Crippen molar-refractivity contribution in [1.82, 2.24) is 4.98 Å². The molecule has 1 unspecified atom stereocenters. The third kappa shape index (κ3) is 6.57. The zero-order valence-corrected chi connectivity index (χ0v) is 17.5. The third-order valence-corrected chi connectivity index (χ3v) is 3.63. The summed E-state index contributed by atoms with van der Waals surface area (Å²) in [5, 5.41) is 6.75. The van der Waals surface area contributed by atoms with Crippen LogP contribution in [0.15, 0.2) is 79.7 Å². The molecule has 3 nitrogen and oxygen atoms in total. The molecule has 0 saturated carbocycles. The van der Waals surface area contributed by atoms with Crippen molar-refractivity contribution >= 4 is 18.0 Å². The van der Waals surface area contributed by atoms with Gasteiger partial charge in [-0.25, -0.2) is 6.72 Å². The van der Waals surface area contributed by atoms with Gasteiger partial charge in [-0.15, -0.1) is 24.3 Å². The van der Waals surface area contributed by atoms with Crippen LogP contribution in [0.25, 0.3) is 11.0 Å². The average molecular weight is 526 g/mol. The number of nitrogens with zero attached hydrogens (tertiary/aromatic N) is 3. The van der Waals surface area contributed by atoms with Gasteiger partial charge in [0, 0.05) is 32.9 Å². The number of anilines is 1. The van der Waals surface area contributed by atoms with Crippen molar-refractivity contribution in [2.24, 2.45) is 0 Å². The average Bonchev–Trinajstić information content (AvgIpc) is 2.70. The van der Waals surface area contributed by atoms with Crippen LogP contribution in [0.4, 0.5) is 5.69 Å². The first kappa shape index (κ1) is 23.7. The van der Waals surface area contributed by atoms with Gasteiger partial charge in [-0.2, -0.15) is 13.5 Å². The van der Waals surface area contributed by atoms with Crippen molar-refractivity contribution < 1.29 is 21.1 Å². The van der Waals surface area contributed by atoms with Crippen LogP contribution in [-0.4, -0.2) is 17.7 Å². The molecule has 0 amide bonds. The van der Waals surface area contributed by atoms with Crippen LogP contribution in [-0.2, 0) is 21.1 Å². The van der Waals surface area contributed by atoms with Crippen molar-refractivity contribution in [3.05, 3.63) is 103 Å². The zero-order valence-electron chi connectivity index (χ0n) is 15.2. The van der Waals surface area contributed by atoms with Crippen LogP contribution in [0.2, 0.25) is 0 Å². The molecule has 1 atom stereocenters. The second-order valence-corrected chi connectivity index (χ2v) is 5.19. The minimum Gasteiger partial charge on any atom is -0.817 e. The SMILES string of the molecule is C=CC(=[C-]C(=C)c1ccccn1)N(c1ccccc1)C(C)[CH-]C.C=[N-].[Pt]. The van der Waals surface area contributed by atoms with E-state index in [0.717, 1.165) is 22.7 Å². The van der Waals surface area contributed by atoms with Crippen molar-refractivity contribution in [3.63, 3.8) is 0 Å². The van der Waals surface area contributed by atoms with Crippen LogP contribution in [0.1, 0.15) is 19.5 Å². The second kappa shape index (κ2) is 13.0. The molecule has 0 fully saturated rings. The molecule has 0 N–H and O–H groups in total. The summed E-state index contributed by atoms with van der Waals surface area (Å²) < 4.78 is 0. The molecule has 1 aromatic carbocycles. The topological polar surface area (TPSA) is 38.4 Å². The first-order valence-corrected chi connectivity index (χ1v) is 7.99. The molecule has 2 aromatic rings. The number of hydrogen-bond acceptors (Lipinski definition) is 2. The number of benzene rings is 1. The van der Waals surface area contributed by atoms with Gasteiger partial charge < -0.3 is 21.7 Å². The van der Waals surface area contributed by atoms with Crippen molar-refractivity contribution in [1.29, 1.82) is 0 Å².